The van der Waals surface area contributed by atoms with Crippen LogP contribution in [0.4, 0.5) is 16.2 Å². The van der Waals surface area contributed by atoms with Crippen molar-refractivity contribution in [2.45, 2.75) is 6.92 Å². The molecule has 0 saturated carbocycles. The van der Waals surface area contributed by atoms with Crippen molar-refractivity contribution in [1.29, 1.82) is 0 Å². The summed E-state index contributed by atoms with van der Waals surface area (Å²) in [4.78, 5) is 61.2. The lowest BCUT2D eigenvalue weighted by molar-refractivity contribution is -0.384. The molecule has 1 saturated heterocycles. The number of carbonyl (C=O) groups is 4. The molecular formula is C25H17Cl2N3O8S. The van der Waals surface area contributed by atoms with Crippen LogP contribution in [0.1, 0.15) is 23.0 Å². The molecule has 4 rings (SSSR count). The number of furan rings is 1. The molecule has 0 radical (unpaired) electrons. The second-order valence-corrected chi connectivity index (χ2v) is 9.66. The number of imide groups is 1. The smallest absolute Gasteiger partial charge is 0.339 e. The molecule has 1 aromatic heterocycles. The largest absolute Gasteiger partial charge is 0.462 e. The highest BCUT2D eigenvalue weighted by atomic mass is 35.5. The predicted molar refractivity (Wildman–Crippen MR) is 145 cm³/mol. The molecule has 0 spiro atoms. The molecule has 2 heterocycles. The summed E-state index contributed by atoms with van der Waals surface area (Å²) < 4.78 is 10.6. The topological polar surface area (TPSA) is 149 Å². The van der Waals surface area contributed by atoms with Gasteiger partial charge in [0.25, 0.3) is 16.8 Å². The van der Waals surface area contributed by atoms with E-state index in [1.807, 2.05) is 0 Å². The van der Waals surface area contributed by atoms with Crippen LogP contribution in [0, 0.1) is 10.1 Å². The Morgan fingerprint density at radius 3 is 2.59 bits per heavy atom. The molecule has 39 heavy (non-hydrogen) atoms. The third-order valence-corrected chi connectivity index (χ3v) is 6.80. The Hall–Kier alpha value is -4.13. The molecule has 0 atom stereocenters. The van der Waals surface area contributed by atoms with Crippen molar-refractivity contribution in [2.75, 3.05) is 18.5 Å². The predicted octanol–water partition coefficient (Wildman–Crippen LogP) is 6.01. The van der Waals surface area contributed by atoms with E-state index in [9.17, 15) is 29.3 Å². The quantitative estimate of drug-likeness (QED) is 0.144. The summed E-state index contributed by atoms with van der Waals surface area (Å²) in [7, 11) is 0. The van der Waals surface area contributed by atoms with Crippen LogP contribution in [0.5, 0.6) is 0 Å². The first-order valence-electron chi connectivity index (χ1n) is 11.1. The van der Waals surface area contributed by atoms with E-state index in [4.69, 9.17) is 32.4 Å². The van der Waals surface area contributed by atoms with E-state index < -0.39 is 34.5 Å². The maximum Gasteiger partial charge on any atom is 0.339 e. The minimum atomic E-state index is -0.705. The lowest BCUT2D eigenvalue weighted by atomic mass is 10.1. The van der Waals surface area contributed by atoms with Gasteiger partial charge < -0.3 is 14.5 Å². The van der Waals surface area contributed by atoms with Crippen LogP contribution in [0.15, 0.2) is 57.9 Å². The van der Waals surface area contributed by atoms with Gasteiger partial charge in [0, 0.05) is 23.4 Å². The minimum Gasteiger partial charge on any atom is -0.462 e. The number of esters is 1. The van der Waals surface area contributed by atoms with E-state index in [1.54, 1.807) is 19.1 Å². The number of benzene rings is 2. The van der Waals surface area contributed by atoms with Crippen molar-refractivity contribution in [2.24, 2.45) is 0 Å². The van der Waals surface area contributed by atoms with Gasteiger partial charge in [-0.05, 0) is 61.2 Å². The van der Waals surface area contributed by atoms with Gasteiger partial charge in [0.1, 0.15) is 23.1 Å². The monoisotopic (exact) mass is 589 g/mol. The third-order valence-electron chi connectivity index (χ3n) is 5.25. The number of rotatable bonds is 8. The van der Waals surface area contributed by atoms with Crippen LogP contribution in [-0.2, 0) is 14.3 Å². The Balaban J connectivity index is 1.45. The second kappa shape index (κ2) is 11.7. The van der Waals surface area contributed by atoms with Gasteiger partial charge in [-0.25, -0.2) is 4.79 Å². The molecule has 11 nitrogen and oxygen atoms in total. The van der Waals surface area contributed by atoms with E-state index in [0.29, 0.717) is 17.3 Å². The number of carbonyl (C=O) groups excluding carboxylic acids is 4. The lowest BCUT2D eigenvalue weighted by Crippen LogP contribution is -2.36. The van der Waals surface area contributed by atoms with Gasteiger partial charge in [-0.1, -0.05) is 23.2 Å². The van der Waals surface area contributed by atoms with E-state index in [0.717, 1.165) is 4.90 Å². The van der Waals surface area contributed by atoms with Crippen LogP contribution < -0.4 is 5.32 Å². The average Bonchev–Trinajstić information content (AvgIpc) is 3.45. The molecule has 0 unspecified atom stereocenters. The molecule has 2 aromatic carbocycles. The van der Waals surface area contributed by atoms with Crippen molar-refractivity contribution in [3.63, 3.8) is 0 Å². The van der Waals surface area contributed by atoms with Gasteiger partial charge in [-0.2, -0.15) is 0 Å². The first-order valence-corrected chi connectivity index (χ1v) is 12.7. The van der Waals surface area contributed by atoms with Gasteiger partial charge in [0.05, 0.1) is 27.0 Å². The maximum atomic E-state index is 12.8. The van der Waals surface area contributed by atoms with Crippen molar-refractivity contribution in [3.05, 3.63) is 84.9 Å². The number of ether oxygens (including phenoxy) is 1. The molecule has 3 aromatic rings. The first-order chi connectivity index (χ1) is 18.6. The van der Waals surface area contributed by atoms with E-state index >= 15 is 0 Å². The Bertz CT molecular complexity index is 1550. The van der Waals surface area contributed by atoms with Gasteiger partial charge in [-0.3, -0.25) is 29.4 Å². The highest BCUT2D eigenvalue weighted by Gasteiger charge is 2.36. The third kappa shape index (κ3) is 6.30. The molecule has 1 aliphatic heterocycles. The van der Waals surface area contributed by atoms with Crippen molar-refractivity contribution >= 4 is 75.4 Å². The van der Waals surface area contributed by atoms with Gasteiger partial charge >= 0.3 is 5.97 Å². The normalized spacial score (nSPS) is 14.1. The summed E-state index contributed by atoms with van der Waals surface area (Å²) in [5.74, 6) is -1.55. The fourth-order valence-electron chi connectivity index (χ4n) is 3.47. The molecule has 3 amide bonds. The molecule has 200 valence electrons. The number of anilines is 1. The minimum absolute atomic E-state index is 0.0203. The zero-order valence-electron chi connectivity index (χ0n) is 19.9. The van der Waals surface area contributed by atoms with Crippen molar-refractivity contribution in [3.8, 4) is 11.3 Å². The number of nitro groups is 1. The van der Waals surface area contributed by atoms with Crippen LogP contribution in [-0.4, -0.2) is 46.0 Å². The Morgan fingerprint density at radius 1 is 1.13 bits per heavy atom. The van der Waals surface area contributed by atoms with Crippen LogP contribution in [0.2, 0.25) is 10.0 Å². The summed E-state index contributed by atoms with van der Waals surface area (Å²) in [6, 6.07) is 11.4. The highest BCUT2D eigenvalue weighted by Crippen LogP contribution is 2.35. The van der Waals surface area contributed by atoms with E-state index in [1.165, 1.54) is 42.5 Å². The first kappa shape index (κ1) is 27.9. The van der Waals surface area contributed by atoms with E-state index in [2.05, 4.69) is 5.32 Å². The molecule has 0 bridgehead atoms. The van der Waals surface area contributed by atoms with Crippen LogP contribution in [0.25, 0.3) is 17.4 Å². The highest BCUT2D eigenvalue weighted by molar-refractivity contribution is 8.18. The summed E-state index contributed by atoms with van der Waals surface area (Å²) in [5.41, 5.74) is 0.378. The molecule has 0 aliphatic carbocycles. The standard InChI is InChI=1S/C25H17Cl2N3O8S/c1-2-37-24(33)16-10-14(4-7-17(16)26)28-22(31)12-29-23(32)21(39-25(29)34)11-15-5-8-20(38-15)13-3-6-18(27)19(9-13)30(35)36/h3-11H,2,12H2,1H3,(H,28,31)/b21-11+. The maximum absolute atomic E-state index is 12.8. The lowest BCUT2D eigenvalue weighted by Gasteiger charge is -2.13. The average molecular weight is 590 g/mol. The summed E-state index contributed by atoms with van der Waals surface area (Å²) in [6.07, 6.45) is 1.33. The SMILES string of the molecule is CCOC(=O)c1cc(NC(=O)CN2C(=O)S/C(=C/c3ccc(-c4ccc(Cl)c([N+](=O)[O-])c4)o3)C2=O)ccc1Cl. The number of hydrogen-bond donors (Lipinski definition) is 1. The fraction of sp³-hybridized carbons (Fsp3) is 0.120. The molecular weight excluding hydrogens is 573 g/mol. The second-order valence-electron chi connectivity index (χ2n) is 7.86. The van der Waals surface area contributed by atoms with Gasteiger partial charge in [-0.15, -0.1) is 0 Å². The molecule has 1 N–H and O–H groups in total. The van der Waals surface area contributed by atoms with Crippen LogP contribution >= 0.6 is 35.0 Å². The van der Waals surface area contributed by atoms with Gasteiger partial charge in [0.2, 0.25) is 5.91 Å². The van der Waals surface area contributed by atoms with Crippen molar-refractivity contribution < 1.29 is 33.3 Å². The van der Waals surface area contributed by atoms with E-state index in [-0.39, 0.29) is 50.0 Å². The zero-order chi connectivity index (χ0) is 28.3. The molecule has 14 heteroatoms. The number of nitro benzene ring substituents is 1. The zero-order valence-corrected chi connectivity index (χ0v) is 22.3. The summed E-state index contributed by atoms with van der Waals surface area (Å²) in [6.45, 7) is 1.21. The number of hydrogen-bond acceptors (Lipinski definition) is 9. The Labute approximate surface area is 234 Å². The number of thioether (sulfide) groups is 1. The summed E-state index contributed by atoms with van der Waals surface area (Å²) >= 11 is 12.5. The number of nitrogens with zero attached hydrogens (tertiary/aromatic N) is 2. The van der Waals surface area contributed by atoms with Gasteiger partial charge in [0.15, 0.2) is 0 Å². The number of nitrogens with one attached hydrogen (secondary N) is 1. The summed E-state index contributed by atoms with van der Waals surface area (Å²) in [5, 5.41) is 13.1. The van der Waals surface area contributed by atoms with Crippen LogP contribution in [0.3, 0.4) is 0 Å². The number of halogens is 2. The Morgan fingerprint density at radius 2 is 1.87 bits per heavy atom. The van der Waals surface area contributed by atoms with Crippen molar-refractivity contribution in [1.82, 2.24) is 4.90 Å². The molecule has 1 aliphatic rings. The Kier molecular flexibility index (Phi) is 8.38. The molecule has 1 fully saturated rings. The number of amides is 3. The fourth-order valence-corrected chi connectivity index (χ4v) is 4.67.